The topological polar surface area (TPSA) is 87.1 Å². The van der Waals surface area contributed by atoms with Gasteiger partial charge >= 0.3 is 5.97 Å². The van der Waals surface area contributed by atoms with Crippen LogP contribution in [0.1, 0.15) is 11.4 Å². The van der Waals surface area contributed by atoms with Crippen LogP contribution in [0.3, 0.4) is 0 Å². The third kappa shape index (κ3) is 4.20. The lowest BCUT2D eigenvalue weighted by atomic mass is 10.1. The van der Waals surface area contributed by atoms with Crippen molar-refractivity contribution in [3.05, 3.63) is 27.9 Å². The number of fused-ring (bicyclic) bond motifs is 1. The van der Waals surface area contributed by atoms with E-state index in [1.807, 2.05) is 29.3 Å². The van der Waals surface area contributed by atoms with Crippen molar-refractivity contribution in [3.8, 4) is 0 Å². The minimum absolute atomic E-state index is 0.0177. The van der Waals surface area contributed by atoms with Crippen molar-refractivity contribution in [2.24, 2.45) is 4.99 Å². The Bertz CT molecular complexity index is 745. The molecule has 1 N–H and O–H groups in total. The van der Waals surface area contributed by atoms with E-state index in [9.17, 15) is 9.00 Å². The second-order valence-corrected chi connectivity index (χ2v) is 8.61. The largest absolute Gasteiger partial charge is 0.466 e. The summed E-state index contributed by atoms with van der Waals surface area (Å²) in [7, 11) is 4.16. The molecule has 2 atom stereocenters. The van der Waals surface area contributed by atoms with Gasteiger partial charge in [-0.05, 0) is 14.1 Å². The molecule has 0 radical (unpaired) electrons. The molecule has 2 unspecified atom stereocenters. The van der Waals surface area contributed by atoms with Crippen molar-refractivity contribution >= 4 is 34.1 Å². The number of hydrogen-bond acceptors (Lipinski definition) is 8. The van der Waals surface area contributed by atoms with Gasteiger partial charge in [0.25, 0.3) is 0 Å². The molecule has 0 spiro atoms. The highest BCUT2D eigenvalue weighted by molar-refractivity contribution is 7.83. The van der Waals surface area contributed by atoms with Crippen LogP contribution < -0.4 is 4.72 Å². The van der Waals surface area contributed by atoms with Gasteiger partial charge in [-0.2, -0.15) is 0 Å². The number of thiazole rings is 1. The molecule has 1 aromatic rings. The summed E-state index contributed by atoms with van der Waals surface area (Å²) in [5.74, 6) is 0.965. The molecule has 0 aliphatic carbocycles. The predicted molar refractivity (Wildman–Crippen MR) is 102 cm³/mol. The maximum absolute atomic E-state index is 12.3. The summed E-state index contributed by atoms with van der Waals surface area (Å²) in [4.78, 5) is 25.1. The molecule has 1 aromatic heterocycles. The Balaban J connectivity index is 1.77. The van der Waals surface area contributed by atoms with Crippen LogP contribution in [0.4, 0.5) is 0 Å². The van der Waals surface area contributed by atoms with E-state index in [0.717, 1.165) is 23.1 Å². The summed E-state index contributed by atoms with van der Waals surface area (Å²) in [6.45, 7) is 1.63. The first-order valence-corrected chi connectivity index (χ1v) is 10.5. The average Bonchev–Trinajstić information content (AvgIpc) is 3.27. The molecule has 0 bridgehead atoms. The first kappa shape index (κ1) is 19.2. The van der Waals surface area contributed by atoms with Crippen molar-refractivity contribution < 1.29 is 13.7 Å². The quantitative estimate of drug-likeness (QED) is 0.663. The van der Waals surface area contributed by atoms with Crippen LogP contribution in [-0.2, 0) is 20.5 Å². The number of aliphatic imine (C=N–C) groups is 1. The summed E-state index contributed by atoms with van der Waals surface area (Å²) in [6.07, 6.45) is 2.35. The van der Waals surface area contributed by atoms with Gasteiger partial charge in [0.1, 0.15) is 0 Å². The number of carbonyl (C=O) groups excluding carboxylic acids is 1. The summed E-state index contributed by atoms with van der Waals surface area (Å²) < 4.78 is 20.4. The monoisotopic (exact) mass is 397 g/mol. The lowest BCUT2D eigenvalue weighted by molar-refractivity contribution is -0.136. The fourth-order valence-corrected chi connectivity index (χ4v) is 4.81. The number of ether oxygens (including phenoxy) is 1. The predicted octanol–water partition coefficient (Wildman–Crippen LogP) is 0.220. The van der Waals surface area contributed by atoms with E-state index in [-0.39, 0.29) is 18.6 Å². The van der Waals surface area contributed by atoms with Crippen LogP contribution in [0.2, 0.25) is 0 Å². The third-order valence-corrected chi connectivity index (χ3v) is 6.16. The highest BCUT2D eigenvalue weighted by Crippen LogP contribution is 2.31. The minimum atomic E-state index is -1.13. The summed E-state index contributed by atoms with van der Waals surface area (Å²) in [6, 6.07) is -0.0177. The van der Waals surface area contributed by atoms with E-state index in [2.05, 4.69) is 14.7 Å². The molecule has 3 heterocycles. The first-order chi connectivity index (χ1) is 12.5. The number of amidine groups is 1. The fourth-order valence-electron chi connectivity index (χ4n) is 2.98. The lowest BCUT2D eigenvalue weighted by Gasteiger charge is -2.26. The molecule has 8 nitrogen and oxygen atoms in total. The number of carbonyl (C=O) groups is 1. The molecule has 26 heavy (non-hydrogen) atoms. The van der Waals surface area contributed by atoms with Gasteiger partial charge < -0.3 is 14.5 Å². The van der Waals surface area contributed by atoms with Gasteiger partial charge in [-0.25, -0.2) is 18.7 Å². The number of methoxy groups -OCH3 is 1. The smallest absolute Gasteiger partial charge is 0.337 e. The van der Waals surface area contributed by atoms with Gasteiger partial charge in [-0.1, -0.05) is 0 Å². The molecule has 2 aliphatic rings. The lowest BCUT2D eigenvalue weighted by Crippen LogP contribution is -2.39. The Hall–Kier alpha value is -1.62. The van der Waals surface area contributed by atoms with Crippen molar-refractivity contribution in [2.75, 3.05) is 46.6 Å². The van der Waals surface area contributed by atoms with E-state index in [1.165, 1.54) is 18.4 Å². The van der Waals surface area contributed by atoms with Crippen molar-refractivity contribution in [2.45, 2.75) is 12.5 Å². The molecule has 10 heteroatoms. The minimum Gasteiger partial charge on any atom is -0.466 e. The zero-order valence-electron chi connectivity index (χ0n) is 15.1. The molecule has 2 aliphatic heterocycles. The van der Waals surface area contributed by atoms with Crippen LogP contribution in [0.5, 0.6) is 0 Å². The van der Waals surface area contributed by atoms with E-state index < -0.39 is 11.0 Å². The Morgan fingerprint density at radius 2 is 2.35 bits per heavy atom. The van der Waals surface area contributed by atoms with Gasteiger partial charge in [0, 0.05) is 42.8 Å². The van der Waals surface area contributed by atoms with E-state index in [4.69, 9.17) is 4.74 Å². The number of nitrogens with zero attached hydrogens (tertiary/aromatic N) is 4. The molecule has 0 saturated carbocycles. The Kier molecular flexibility index (Phi) is 6.17. The highest BCUT2D eigenvalue weighted by Gasteiger charge is 2.37. The van der Waals surface area contributed by atoms with E-state index in [0.29, 0.717) is 24.3 Å². The maximum Gasteiger partial charge on any atom is 0.337 e. The summed E-state index contributed by atoms with van der Waals surface area (Å²) in [5.41, 5.74) is 1.45. The van der Waals surface area contributed by atoms with Crippen LogP contribution in [0.15, 0.2) is 27.8 Å². The fraction of sp³-hybridized carbons (Fsp3) is 0.562. The Morgan fingerprint density at radius 1 is 1.54 bits per heavy atom. The molecule has 0 aromatic carbocycles. The number of esters is 1. The van der Waals surface area contributed by atoms with Crippen molar-refractivity contribution in [3.63, 3.8) is 0 Å². The second kappa shape index (κ2) is 8.38. The zero-order chi connectivity index (χ0) is 18.7. The zero-order valence-corrected chi connectivity index (χ0v) is 16.7. The van der Waals surface area contributed by atoms with Gasteiger partial charge in [0.15, 0.2) is 10.8 Å². The van der Waals surface area contributed by atoms with E-state index >= 15 is 0 Å². The molecule has 0 amide bonds. The molecule has 1 fully saturated rings. The standard InChI is InChI=1S/C16H23N5O3S2/c1-20(2)5-7-26(23)19-11-8-13-12(16(22)24-3)9-18-14(21(13)10-11)15-17-4-6-25-15/h4,6,11,19H,5,7-10H2,1-3H3. The van der Waals surface area contributed by atoms with Crippen LogP contribution in [-0.4, -0.2) is 83.4 Å². The van der Waals surface area contributed by atoms with Crippen LogP contribution in [0, 0.1) is 0 Å². The number of rotatable bonds is 7. The number of nitrogens with one attached hydrogen (secondary N) is 1. The van der Waals surface area contributed by atoms with Gasteiger partial charge in [-0.15, -0.1) is 11.3 Å². The average molecular weight is 398 g/mol. The van der Waals surface area contributed by atoms with E-state index in [1.54, 1.807) is 6.20 Å². The summed E-state index contributed by atoms with van der Waals surface area (Å²) >= 11 is 1.51. The number of hydrogen-bond donors (Lipinski definition) is 1. The third-order valence-electron chi connectivity index (χ3n) is 4.24. The molecule has 142 valence electrons. The van der Waals surface area contributed by atoms with Crippen molar-refractivity contribution in [1.82, 2.24) is 19.5 Å². The first-order valence-electron chi connectivity index (χ1n) is 8.31. The van der Waals surface area contributed by atoms with Gasteiger partial charge in [0.05, 0.1) is 36.0 Å². The second-order valence-electron chi connectivity index (χ2n) is 6.38. The molecule has 3 rings (SSSR count). The number of aromatic nitrogens is 1. The maximum atomic E-state index is 12.3. The van der Waals surface area contributed by atoms with Gasteiger partial charge in [-0.3, -0.25) is 4.99 Å². The van der Waals surface area contributed by atoms with Crippen molar-refractivity contribution in [1.29, 1.82) is 0 Å². The van der Waals surface area contributed by atoms with Gasteiger partial charge in [0.2, 0.25) is 0 Å². The molecular formula is C16H23N5O3S2. The van der Waals surface area contributed by atoms with Crippen LogP contribution in [0.25, 0.3) is 0 Å². The normalized spacial score (nSPS) is 21.0. The Morgan fingerprint density at radius 3 is 3.00 bits per heavy atom. The van der Waals surface area contributed by atoms with Crippen LogP contribution >= 0.6 is 11.3 Å². The summed E-state index contributed by atoms with van der Waals surface area (Å²) in [5, 5.41) is 2.72. The highest BCUT2D eigenvalue weighted by atomic mass is 32.2. The molecular weight excluding hydrogens is 374 g/mol. The Labute approximate surface area is 159 Å². The SMILES string of the molecule is COC(=O)C1=C2CC(NS(=O)CCN(C)C)CN2C(c2nccs2)=NC1. The molecule has 1 saturated heterocycles.